The molecule has 0 aromatic heterocycles. The van der Waals surface area contributed by atoms with E-state index in [1.54, 1.807) is 25.1 Å². The van der Waals surface area contributed by atoms with Crippen molar-refractivity contribution in [2.24, 2.45) is 0 Å². The van der Waals surface area contributed by atoms with Gasteiger partial charge in [0.25, 0.3) is 0 Å². The standard InChI is InChI=1S/C13H19FO3/c1-13(15,9-12(16-2)17-3)8-10-6-4-5-7-11(10)14/h4-7,12,15H,8-9H2,1-3H3. The van der Waals surface area contributed by atoms with Crippen LogP contribution in [0.2, 0.25) is 0 Å². The van der Waals surface area contributed by atoms with Gasteiger partial charge in [-0.1, -0.05) is 18.2 Å². The first-order chi connectivity index (χ1) is 7.98. The van der Waals surface area contributed by atoms with Gasteiger partial charge < -0.3 is 14.6 Å². The molecule has 1 unspecified atom stereocenters. The van der Waals surface area contributed by atoms with Gasteiger partial charge in [-0.3, -0.25) is 0 Å². The fourth-order valence-electron chi connectivity index (χ4n) is 1.75. The molecule has 1 aromatic carbocycles. The Balaban J connectivity index is 2.69. The lowest BCUT2D eigenvalue weighted by atomic mass is 9.92. The molecule has 0 saturated carbocycles. The largest absolute Gasteiger partial charge is 0.390 e. The first-order valence-corrected chi connectivity index (χ1v) is 5.50. The Morgan fingerprint density at radius 2 is 1.88 bits per heavy atom. The summed E-state index contributed by atoms with van der Waals surface area (Å²) in [5.74, 6) is -0.306. The van der Waals surface area contributed by atoms with Gasteiger partial charge in [0.1, 0.15) is 5.82 Å². The van der Waals surface area contributed by atoms with Crippen LogP contribution < -0.4 is 0 Å². The minimum atomic E-state index is -1.07. The molecule has 17 heavy (non-hydrogen) atoms. The smallest absolute Gasteiger partial charge is 0.159 e. The molecule has 96 valence electrons. The zero-order valence-corrected chi connectivity index (χ0v) is 10.4. The molecule has 0 amide bonds. The van der Waals surface area contributed by atoms with Crippen LogP contribution in [0.15, 0.2) is 24.3 Å². The van der Waals surface area contributed by atoms with Crippen LogP contribution in [0.1, 0.15) is 18.9 Å². The van der Waals surface area contributed by atoms with Gasteiger partial charge in [0, 0.05) is 27.1 Å². The summed E-state index contributed by atoms with van der Waals surface area (Å²) < 4.78 is 23.5. The van der Waals surface area contributed by atoms with Gasteiger partial charge in [0.15, 0.2) is 6.29 Å². The van der Waals surface area contributed by atoms with Crippen molar-refractivity contribution >= 4 is 0 Å². The highest BCUT2D eigenvalue weighted by Crippen LogP contribution is 2.21. The number of methoxy groups -OCH3 is 2. The number of aliphatic hydroxyl groups is 1. The van der Waals surface area contributed by atoms with Crippen molar-refractivity contribution in [2.45, 2.75) is 31.7 Å². The molecular weight excluding hydrogens is 223 g/mol. The van der Waals surface area contributed by atoms with Gasteiger partial charge in [0.05, 0.1) is 5.60 Å². The molecule has 0 aliphatic rings. The molecule has 3 nitrogen and oxygen atoms in total. The lowest BCUT2D eigenvalue weighted by Crippen LogP contribution is -2.34. The van der Waals surface area contributed by atoms with Crippen molar-refractivity contribution in [1.82, 2.24) is 0 Å². The van der Waals surface area contributed by atoms with E-state index < -0.39 is 11.9 Å². The second-order valence-electron chi connectivity index (χ2n) is 4.37. The summed E-state index contributed by atoms with van der Waals surface area (Å²) in [6, 6.07) is 6.42. The summed E-state index contributed by atoms with van der Waals surface area (Å²) in [5.41, 5.74) is -0.581. The molecular formula is C13H19FO3. The lowest BCUT2D eigenvalue weighted by Gasteiger charge is -2.27. The molecule has 1 aromatic rings. The number of hydrogen-bond donors (Lipinski definition) is 1. The normalized spacial score (nSPS) is 14.9. The molecule has 0 aliphatic carbocycles. The maximum absolute atomic E-state index is 13.4. The zero-order valence-electron chi connectivity index (χ0n) is 10.4. The number of halogens is 1. The van der Waals surface area contributed by atoms with Crippen LogP contribution in [0.4, 0.5) is 4.39 Å². The highest BCUT2D eigenvalue weighted by atomic mass is 19.1. The van der Waals surface area contributed by atoms with Crippen LogP contribution in [-0.2, 0) is 15.9 Å². The molecule has 0 spiro atoms. The molecule has 0 saturated heterocycles. The molecule has 1 rings (SSSR count). The topological polar surface area (TPSA) is 38.7 Å². The van der Waals surface area contributed by atoms with Crippen molar-refractivity contribution in [3.8, 4) is 0 Å². The highest BCUT2D eigenvalue weighted by molar-refractivity contribution is 5.19. The van der Waals surface area contributed by atoms with Crippen molar-refractivity contribution in [3.05, 3.63) is 35.6 Å². The number of ether oxygens (including phenoxy) is 2. The van der Waals surface area contributed by atoms with Crippen LogP contribution in [0.5, 0.6) is 0 Å². The van der Waals surface area contributed by atoms with Gasteiger partial charge >= 0.3 is 0 Å². The van der Waals surface area contributed by atoms with E-state index in [4.69, 9.17) is 9.47 Å². The van der Waals surface area contributed by atoms with Crippen molar-refractivity contribution in [3.63, 3.8) is 0 Å². The molecule has 0 bridgehead atoms. The van der Waals surface area contributed by atoms with Gasteiger partial charge in [-0.15, -0.1) is 0 Å². The maximum atomic E-state index is 13.4. The summed E-state index contributed by atoms with van der Waals surface area (Å²) in [5, 5.41) is 10.2. The highest BCUT2D eigenvalue weighted by Gasteiger charge is 2.26. The second-order valence-corrected chi connectivity index (χ2v) is 4.37. The fourth-order valence-corrected chi connectivity index (χ4v) is 1.75. The first-order valence-electron chi connectivity index (χ1n) is 5.50. The Hall–Kier alpha value is -0.970. The Bertz CT molecular complexity index is 348. The molecule has 0 radical (unpaired) electrons. The van der Waals surface area contributed by atoms with Crippen LogP contribution in [0.3, 0.4) is 0 Å². The summed E-state index contributed by atoms with van der Waals surface area (Å²) in [4.78, 5) is 0. The minimum Gasteiger partial charge on any atom is -0.390 e. The fraction of sp³-hybridized carbons (Fsp3) is 0.538. The molecule has 4 heteroatoms. The zero-order chi connectivity index (χ0) is 12.9. The average molecular weight is 242 g/mol. The summed E-state index contributed by atoms with van der Waals surface area (Å²) in [6.45, 7) is 1.64. The van der Waals surface area contributed by atoms with Crippen LogP contribution >= 0.6 is 0 Å². The Morgan fingerprint density at radius 3 is 2.41 bits per heavy atom. The quantitative estimate of drug-likeness (QED) is 0.777. The summed E-state index contributed by atoms with van der Waals surface area (Å²) in [6.07, 6.45) is 0.0220. The van der Waals surface area contributed by atoms with E-state index in [1.807, 2.05) is 0 Å². The van der Waals surface area contributed by atoms with E-state index in [-0.39, 0.29) is 18.7 Å². The number of hydrogen-bond acceptors (Lipinski definition) is 3. The Labute approximate surface area is 101 Å². The third-order valence-corrected chi connectivity index (χ3v) is 2.66. The monoisotopic (exact) mass is 242 g/mol. The Kier molecular flexibility index (Phi) is 5.05. The van der Waals surface area contributed by atoms with E-state index in [0.717, 1.165) is 0 Å². The van der Waals surface area contributed by atoms with Crippen LogP contribution in [-0.4, -0.2) is 31.2 Å². The SMILES string of the molecule is COC(CC(C)(O)Cc1ccccc1F)OC. The minimum absolute atomic E-state index is 0.225. The van der Waals surface area contributed by atoms with E-state index in [2.05, 4.69) is 0 Å². The molecule has 0 aliphatic heterocycles. The molecule has 1 atom stereocenters. The predicted octanol–water partition coefficient (Wildman–Crippen LogP) is 2.13. The number of benzene rings is 1. The lowest BCUT2D eigenvalue weighted by molar-refractivity contribution is -0.139. The molecule has 0 heterocycles. The second kappa shape index (κ2) is 6.10. The molecule has 1 N–H and O–H groups in total. The van der Waals surface area contributed by atoms with Gasteiger partial charge in [-0.2, -0.15) is 0 Å². The maximum Gasteiger partial charge on any atom is 0.159 e. The van der Waals surface area contributed by atoms with Gasteiger partial charge in [0.2, 0.25) is 0 Å². The van der Waals surface area contributed by atoms with Crippen LogP contribution in [0.25, 0.3) is 0 Å². The van der Waals surface area contributed by atoms with E-state index >= 15 is 0 Å². The average Bonchev–Trinajstić information content (AvgIpc) is 2.29. The molecule has 0 fully saturated rings. The van der Waals surface area contributed by atoms with Gasteiger partial charge in [-0.25, -0.2) is 4.39 Å². The number of rotatable bonds is 6. The summed E-state index contributed by atoms with van der Waals surface area (Å²) >= 11 is 0. The Morgan fingerprint density at radius 1 is 1.29 bits per heavy atom. The first kappa shape index (κ1) is 14.1. The third-order valence-electron chi connectivity index (χ3n) is 2.66. The van der Waals surface area contributed by atoms with Crippen LogP contribution in [0, 0.1) is 5.82 Å². The summed E-state index contributed by atoms with van der Waals surface area (Å²) in [7, 11) is 3.01. The van der Waals surface area contributed by atoms with Crippen molar-refractivity contribution in [1.29, 1.82) is 0 Å². The van der Waals surface area contributed by atoms with E-state index in [9.17, 15) is 9.50 Å². The third kappa shape index (κ3) is 4.42. The van der Waals surface area contributed by atoms with Gasteiger partial charge in [-0.05, 0) is 18.6 Å². The predicted molar refractivity (Wildman–Crippen MR) is 63.2 cm³/mol. The van der Waals surface area contributed by atoms with Crippen molar-refractivity contribution in [2.75, 3.05) is 14.2 Å². The van der Waals surface area contributed by atoms with E-state index in [0.29, 0.717) is 5.56 Å². The van der Waals surface area contributed by atoms with Crippen molar-refractivity contribution < 1.29 is 19.0 Å². The van der Waals surface area contributed by atoms with E-state index in [1.165, 1.54) is 20.3 Å².